The first-order valence-electron chi connectivity index (χ1n) is 7.35. The lowest BCUT2D eigenvalue weighted by molar-refractivity contribution is -0.114. The molecular formula is C17H19NO4S. The number of hydrogen-bond donors (Lipinski definition) is 2. The third-order valence-electron chi connectivity index (χ3n) is 3.77. The van der Waals surface area contributed by atoms with Crippen molar-refractivity contribution in [2.24, 2.45) is 5.41 Å². The van der Waals surface area contributed by atoms with Crippen LogP contribution >= 0.6 is 11.3 Å². The zero-order valence-corrected chi connectivity index (χ0v) is 14.1. The highest BCUT2D eigenvalue weighted by Crippen LogP contribution is 2.50. The van der Waals surface area contributed by atoms with E-state index in [9.17, 15) is 9.90 Å². The summed E-state index contributed by atoms with van der Waals surface area (Å²) in [4.78, 5) is 11.2. The molecule has 1 unspecified atom stereocenters. The second-order valence-electron chi connectivity index (χ2n) is 6.25. The molecule has 0 saturated carbocycles. The molecule has 2 aromatic rings. The van der Waals surface area contributed by atoms with Gasteiger partial charge in [-0.3, -0.25) is 4.79 Å². The number of aliphatic hydroxyl groups excluding tert-OH is 1. The number of aliphatic hydroxyl groups is 1. The van der Waals surface area contributed by atoms with Crippen LogP contribution in [0.15, 0.2) is 29.6 Å². The van der Waals surface area contributed by atoms with Gasteiger partial charge in [-0.25, -0.2) is 0 Å². The van der Waals surface area contributed by atoms with Gasteiger partial charge in [-0.05, 0) is 23.6 Å². The van der Waals surface area contributed by atoms with Crippen LogP contribution in [0.2, 0.25) is 0 Å². The van der Waals surface area contributed by atoms with Crippen LogP contribution in [-0.4, -0.2) is 17.6 Å². The zero-order valence-electron chi connectivity index (χ0n) is 13.3. The van der Waals surface area contributed by atoms with E-state index in [1.807, 2.05) is 25.3 Å². The maximum Gasteiger partial charge on any atom is 0.221 e. The smallest absolute Gasteiger partial charge is 0.221 e. The Hall–Kier alpha value is -2.05. The molecule has 2 N–H and O–H groups in total. The second-order valence-corrected chi connectivity index (χ2v) is 7.13. The van der Waals surface area contributed by atoms with E-state index in [-0.39, 0.29) is 18.6 Å². The topological polar surface area (TPSA) is 67.8 Å². The van der Waals surface area contributed by atoms with Gasteiger partial charge in [-0.1, -0.05) is 13.8 Å². The normalized spacial score (nSPS) is 16.4. The van der Waals surface area contributed by atoms with Crippen molar-refractivity contribution in [3.8, 4) is 16.6 Å². The molecule has 0 saturated heterocycles. The minimum atomic E-state index is -0.461. The van der Waals surface area contributed by atoms with Crippen LogP contribution in [0.3, 0.4) is 0 Å². The van der Waals surface area contributed by atoms with Crippen molar-refractivity contribution in [1.29, 1.82) is 0 Å². The van der Waals surface area contributed by atoms with Crippen LogP contribution in [0.5, 0.6) is 16.6 Å². The van der Waals surface area contributed by atoms with E-state index in [4.69, 9.17) is 9.47 Å². The molecule has 5 nitrogen and oxygen atoms in total. The van der Waals surface area contributed by atoms with E-state index in [2.05, 4.69) is 5.32 Å². The van der Waals surface area contributed by atoms with Gasteiger partial charge in [0.1, 0.15) is 6.10 Å². The molecule has 2 heterocycles. The number of nitrogens with one attached hydrogen (secondary N) is 1. The minimum absolute atomic E-state index is 0.00768. The number of hydrogen-bond acceptors (Lipinski definition) is 5. The Morgan fingerprint density at radius 2 is 2.13 bits per heavy atom. The molecule has 0 fully saturated rings. The van der Waals surface area contributed by atoms with Gasteiger partial charge in [0.15, 0.2) is 16.6 Å². The van der Waals surface area contributed by atoms with Crippen LogP contribution in [0.4, 0.5) is 5.69 Å². The molecule has 0 aliphatic carbocycles. The SMILES string of the molecule is CC(=O)Nc1ccc2c(c1)Oc1sccc1C(C(C)(C)CO)O2. The maximum atomic E-state index is 11.2. The molecule has 3 rings (SSSR count). The van der Waals surface area contributed by atoms with E-state index < -0.39 is 5.41 Å². The van der Waals surface area contributed by atoms with E-state index in [0.29, 0.717) is 17.2 Å². The molecule has 1 atom stereocenters. The van der Waals surface area contributed by atoms with Crippen molar-refractivity contribution < 1.29 is 19.4 Å². The lowest BCUT2D eigenvalue weighted by atomic mass is 9.84. The summed E-state index contributed by atoms with van der Waals surface area (Å²) in [6.07, 6.45) is -0.318. The van der Waals surface area contributed by atoms with Crippen molar-refractivity contribution in [3.63, 3.8) is 0 Å². The van der Waals surface area contributed by atoms with Crippen molar-refractivity contribution in [2.45, 2.75) is 26.9 Å². The highest BCUT2D eigenvalue weighted by Gasteiger charge is 2.37. The van der Waals surface area contributed by atoms with E-state index >= 15 is 0 Å². The molecular weight excluding hydrogens is 314 g/mol. The van der Waals surface area contributed by atoms with Gasteiger partial charge < -0.3 is 19.9 Å². The summed E-state index contributed by atoms with van der Waals surface area (Å²) in [6.45, 7) is 5.36. The number of rotatable bonds is 3. The molecule has 1 amide bonds. The van der Waals surface area contributed by atoms with E-state index in [1.54, 1.807) is 18.2 Å². The van der Waals surface area contributed by atoms with Crippen LogP contribution in [0.1, 0.15) is 32.4 Å². The Morgan fingerprint density at radius 1 is 1.35 bits per heavy atom. The maximum absolute atomic E-state index is 11.2. The summed E-state index contributed by atoms with van der Waals surface area (Å²) in [5.74, 6) is 1.00. The summed E-state index contributed by atoms with van der Waals surface area (Å²) in [5, 5.41) is 15.1. The molecule has 0 bridgehead atoms. The predicted octanol–water partition coefficient (Wildman–Crippen LogP) is 3.95. The molecule has 122 valence electrons. The highest BCUT2D eigenvalue weighted by atomic mass is 32.1. The first-order chi connectivity index (χ1) is 10.9. The first-order valence-corrected chi connectivity index (χ1v) is 8.23. The standard InChI is InChI=1S/C17H19NO4S/c1-10(20)18-11-4-5-13-14(8-11)22-16-12(6-7-23-16)15(21-13)17(2,3)9-19/h4-8,15,19H,9H2,1-3H3,(H,18,20). The molecule has 1 aliphatic heterocycles. The summed E-state index contributed by atoms with van der Waals surface area (Å²) < 4.78 is 12.2. The lowest BCUT2D eigenvalue weighted by Crippen LogP contribution is -2.29. The van der Waals surface area contributed by atoms with Crippen molar-refractivity contribution in [3.05, 3.63) is 35.2 Å². The fraction of sp³-hybridized carbons (Fsp3) is 0.353. The molecule has 0 radical (unpaired) electrons. The third kappa shape index (κ3) is 3.04. The van der Waals surface area contributed by atoms with Crippen molar-refractivity contribution in [1.82, 2.24) is 0 Å². The number of carbonyl (C=O) groups excluding carboxylic acids is 1. The number of benzene rings is 1. The Morgan fingerprint density at radius 3 is 2.83 bits per heavy atom. The quantitative estimate of drug-likeness (QED) is 0.892. The van der Waals surface area contributed by atoms with Gasteiger partial charge >= 0.3 is 0 Å². The van der Waals surface area contributed by atoms with Gasteiger partial charge in [0, 0.05) is 29.7 Å². The number of carbonyl (C=O) groups is 1. The van der Waals surface area contributed by atoms with Crippen LogP contribution < -0.4 is 14.8 Å². The summed E-state index contributed by atoms with van der Waals surface area (Å²) in [7, 11) is 0. The van der Waals surface area contributed by atoms with Gasteiger partial charge in [0.25, 0.3) is 0 Å². The Bertz CT molecular complexity index is 738. The molecule has 6 heteroatoms. The Kier molecular flexibility index (Phi) is 4.04. The zero-order chi connectivity index (χ0) is 16.6. The van der Waals surface area contributed by atoms with Crippen LogP contribution in [0.25, 0.3) is 0 Å². The molecule has 1 aromatic carbocycles. The Balaban J connectivity index is 2.04. The van der Waals surface area contributed by atoms with E-state index in [1.165, 1.54) is 18.3 Å². The first kappa shape index (κ1) is 15.8. The van der Waals surface area contributed by atoms with Gasteiger partial charge in [-0.15, -0.1) is 11.3 Å². The summed E-state index contributed by atoms with van der Waals surface area (Å²) >= 11 is 1.48. The van der Waals surface area contributed by atoms with Crippen molar-refractivity contribution >= 4 is 22.9 Å². The number of anilines is 1. The second kappa shape index (κ2) is 5.86. The summed E-state index contributed by atoms with van der Waals surface area (Å²) in [5.41, 5.74) is 1.11. The monoisotopic (exact) mass is 333 g/mol. The largest absolute Gasteiger partial charge is 0.481 e. The molecule has 0 spiro atoms. The average Bonchev–Trinajstić information content (AvgIpc) is 2.87. The molecule has 23 heavy (non-hydrogen) atoms. The third-order valence-corrected chi connectivity index (χ3v) is 4.57. The molecule has 1 aliphatic rings. The van der Waals surface area contributed by atoms with Crippen LogP contribution in [0, 0.1) is 5.41 Å². The fourth-order valence-corrected chi connectivity index (χ4v) is 3.29. The van der Waals surface area contributed by atoms with Gasteiger partial charge in [0.05, 0.1) is 6.61 Å². The number of fused-ring (bicyclic) bond motifs is 2. The number of thiophene rings is 1. The van der Waals surface area contributed by atoms with Crippen molar-refractivity contribution in [2.75, 3.05) is 11.9 Å². The fourth-order valence-electron chi connectivity index (χ4n) is 2.50. The van der Waals surface area contributed by atoms with Gasteiger partial charge in [0.2, 0.25) is 5.91 Å². The minimum Gasteiger partial charge on any atom is -0.481 e. The molecule has 1 aromatic heterocycles. The number of amides is 1. The summed E-state index contributed by atoms with van der Waals surface area (Å²) in [6, 6.07) is 7.25. The van der Waals surface area contributed by atoms with E-state index in [0.717, 1.165) is 10.6 Å². The van der Waals surface area contributed by atoms with Crippen LogP contribution in [-0.2, 0) is 4.79 Å². The average molecular weight is 333 g/mol. The Labute approximate surface area is 138 Å². The lowest BCUT2D eigenvalue weighted by Gasteiger charge is -2.31. The highest BCUT2D eigenvalue weighted by molar-refractivity contribution is 7.12. The predicted molar refractivity (Wildman–Crippen MR) is 89.4 cm³/mol. The number of ether oxygens (including phenoxy) is 2. The van der Waals surface area contributed by atoms with Gasteiger partial charge in [-0.2, -0.15) is 0 Å².